The molecule has 0 radical (unpaired) electrons. The molecule has 0 spiro atoms. The van der Waals surface area contributed by atoms with Gasteiger partial charge in [0.2, 0.25) is 0 Å². The highest BCUT2D eigenvalue weighted by atomic mass is 32.1. The van der Waals surface area contributed by atoms with Gasteiger partial charge in [0.25, 0.3) is 5.91 Å². The molecule has 1 aromatic heterocycles. The Kier molecular flexibility index (Phi) is 5.84. The standard InChI is InChI=1S/C17H16F3NO3S/c1-3-10-9-12(16(23)24-4-2)15(25-10)21-14(22)11-7-5-6-8-13(11)17(18,19)20/h5-9H,3-4H2,1-2H3,(H,21,22). The van der Waals surface area contributed by atoms with Gasteiger partial charge in [-0.05, 0) is 31.5 Å². The number of nitrogens with one attached hydrogen (secondary N) is 1. The molecule has 2 rings (SSSR count). The van der Waals surface area contributed by atoms with Gasteiger partial charge in [0, 0.05) is 4.88 Å². The van der Waals surface area contributed by atoms with Crippen molar-refractivity contribution in [2.24, 2.45) is 0 Å². The number of anilines is 1. The average molecular weight is 371 g/mol. The molecule has 1 heterocycles. The van der Waals surface area contributed by atoms with Crippen LogP contribution in [0.5, 0.6) is 0 Å². The number of alkyl halides is 3. The first-order valence-electron chi connectivity index (χ1n) is 7.55. The van der Waals surface area contributed by atoms with Gasteiger partial charge in [-0.25, -0.2) is 4.79 Å². The molecule has 4 nitrogen and oxygen atoms in total. The summed E-state index contributed by atoms with van der Waals surface area (Å²) in [5.41, 5.74) is -1.39. The second-order valence-corrected chi connectivity index (χ2v) is 6.16. The van der Waals surface area contributed by atoms with Gasteiger partial charge in [0.15, 0.2) is 0 Å². The fraction of sp³-hybridized carbons (Fsp3) is 0.294. The maximum atomic E-state index is 13.1. The van der Waals surface area contributed by atoms with Crippen LogP contribution in [0.1, 0.15) is 45.0 Å². The fourth-order valence-electron chi connectivity index (χ4n) is 2.17. The Bertz CT molecular complexity index is 784. The number of halogens is 3. The van der Waals surface area contributed by atoms with E-state index in [-0.39, 0.29) is 17.2 Å². The van der Waals surface area contributed by atoms with Gasteiger partial charge in [-0.15, -0.1) is 11.3 Å². The Morgan fingerprint density at radius 1 is 1.16 bits per heavy atom. The number of esters is 1. The lowest BCUT2D eigenvalue weighted by atomic mass is 10.1. The average Bonchev–Trinajstić information content (AvgIpc) is 2.97. The van der Waals surface area contributed by atoms with E-state index in [0.717, 1.165) is 28.3 Å². The first-order valence-corrected chi connectivity index (χ1v) is 8.37. The van der Waals surface area contributed by atoms with E-state index >= 15 is 0 Å². The molecule has 8 heteroatoms. The Hall–Kier alpha value is -2.35. The lowest BCUT2D eigenvalue weighted by Crippen LogP contribution is -2.19. The molecular formula is C17H16F3NO3S. The Morgan fingerprint density at radius 2 is 1.84 bits per heavy atom. The SMILES string of the molecule is CCOC(=O)c1cc(CC)sc1NC(=O)c1ccccc1C(F)(F)F. The van der Waals surface area contributed by atoms with E-state index in [9.17, 15) is 22.8 Å². The van der Waals surface area contributed by atoms with Gasteiger partial charge >= 0.3 is 12.1 Å². The predicted octanol–water partition coefficient (Wildman–Crippen LogP) is 4.76. The van der Waals surface area contributed by atoms with Crippen LogP contribution in [0, 0.1) is 0 Å². The summed E-state index contributed by atoms with van der Waals surface area (Å²) in [6, 6.07) is 6.07. The van der Waals surface area contributed by atoms with Crippen molar-refractivity contribution in [2.75, 3.05) is 11.9 Å². The van der Waals surface area contributed by atoms with Crippen LogP contribution >= 0.6 is 11.3 Å². The van der Waals surface area contributed by atoms with Crippen molar-refractivity contribution in [1.29, 1.82) is 0 Å². The van der Waals surface area contributed by atoms with Gasteiger partial charge in [-0.2, -0.15) is 13.2 Å². The molecule has 0 bridgehead atoms. The smallest absolute Gasteiger partial charge is 0.417 e. The number of carbonyl (C=O) groups excluding carboxylic acids is 2. The summed E-state index contributed by atoms with van der Waals surface area (Å²) in [4.78, 5) is 25.2. The lowest BCUT2D eigenvalue weighted by Gasteiger charge is -2.12. The minimum absolute atomic E-state index is 0.140. The van der Waals surface area contributed by atoms with Gasteiger partial charge in [0.1, 0.15) is 5.00 Å². The van der Waals surface area contributed by atoms with Gasteiger partial charge < -0.3 is 10.1 Å². The monoisotopic (exact) mass is 371 g/mol. The third kappa shape index (κ3) is 4.39. The second kappa shape index (κ2) is 7.69. The third-order valence-electron chi connectivity index (χ3n) is 3.33. The number of hydrogen-bond donors (Lipinski definition) is 1. The van der Waals surface area contributed by atoms with Crippen molar-refractivity contribution in [1.82, 2.24) is 0 Å². The molecule has 0 fully saturated rings. The van der Waals surface area contributed by atoms with Crippen molar-refractivity contribution in [3.63, 3.8) is 0 Å². The molecular weight excluding hydrogens is 355 g/mol. The van der Waals surface area contributed by atoms with E-state index in [1.165, 1.54) is 12.1 Å². The molecule has 25 heavy (non-hydrogen) atoms. The van der Waals surface area contributed by atoms with Crippen molar-refractivity contribution in [3.05, 3.63) is 51.9 Å². The van der Waals surface area contributed by atoms with Crippen LogP contribution in [0.15, 0.2) is 30.3 Å². The number of rotatable bonds is 5. The van der Waals surface area contributed by atoms with Crippen molar-refractivity contribution in [3.8, 4) is 0 Å². The minimum Gasteiger partial charge on any atom is -0.462 e. The highest BCUT2D eigenvalue weighted by molar-refractivity contribution is 7.16. The normalized spacial score (nSPS) is 11.2. The fourth-order valence-corrected chi connectivity index (χ4v) is 3.15. The zero-order valence-electron chi connectivity index (χ0n) is 13.6. The maximum Gasteiger partial charge on any atom is 0.417 e. The molecule has 0 aliphatic rings. The molecule has 1 N–H and O–H groups in total. The Morgan fingerprint density at radius 3 is 2.44 bits per heavy atom. The Labute approximate surface area is 146 Å². The van der Waals surface area contributed by atoms with Crippen LogP contribution in [-0.4, -0.2) is 18.5 Å². The van der Waals surface area contributed by atoms with E-state index < -0.39 is 29.2 Å². The number of thiophene rings is 1. The van der Waals surface area contributed by atoms with E-state index in [2.05, 4.69) is 5.32 Å². The molecule has 0 atom stereocenters. The summed E-state index contributed by atoms with van der Waals surface area (Å²) >= 11 is 1.14. The van der Waals surface area contributed by atoms with Crippen molar-refractivity contribution >= 4 is 28.2 Å². The number of hydrogen-bond acceptors (Lipinski definition) is 4. The molecule has 2 aromatic rings. The molecule has 0 saturated heterocycles. The van der Waals surface area contributed by atoms with Gasteiger partial charge in [-0.3, -0.25) is 4.79 Å². The minimum atomic E-state index is -4.65. The number of aryl methyl sites for hydroxylation is 1. The van der Waals surface area contributed by atoms with Crippen LogP contribution in [0.4, 0.5) is 18.2 Å². The summed E-state index contributed by atoms with van der Waals surface area (Å²) in [5.74, 6) is -1.55. The first kappa shape index (κ1) is 19.0. The van der Waals surface area contributed by atoms with E-state index in [1.54, 1.807) is 13.0 Å². The predicted molar refractivity (Wildman–Crippen MR) is 89.1 cm³/mol. The lowest BCUT2D eigenvalue weighted by molar-refractivity contribution is -0.137. The Balaban J connectivity index is 2.36. The van der Waals surface area contributed by atoms with Crippen LogP contribution < -0.4 is 5.32 Å². The summed E-state index contributed by atoms with van der Waals surface area (Å²) < 4.78 is 44.1. The number of amides is 1. The second-order valence-electron chi connectivity index (χ2n) is 5.03. The van der Waals surface area contributed by atoms with Crippen molar-refractivity contribution < 1.29 is 27.5 Å². The van der Waals surface area contributed by atoms with E-state index in [1.807, 2.05) is 6.92 Å². The quantitative estimate of drug-likeness (QED) is 0.771. The molecule has 0 unspecified atom stereocenters. The summed E-state index contributed by atoms with van der Waals surface area (Å²) in [6.07, 6.45) is -4.03. The molecule has 1 aromatic carbocycles. The molecule has 134 valence electrons. The first-order chi connectivity index (χ1) is 11.8. The zero-order chi connectivity index (χ0) is 18.6. The molecule has 1 amide bonds. The van der Waals surface area contributed by atoms with Gasteiger partial charge in [-0.1, -0.05) is 19.1 Å². The summed E-state index contributed by atoms with van der Waals surface area (Å²) in [7, 11) is 0. The molecule has 0 aliphatic heterocycles. The van der Waals surface area contributed by atoms with Crippen LogP contribution in [0.2, 0.25) is 0 Å². The molecule has 0 saturated carbocycles. The number of ether oxygens (including phenoxy) is 1. The maximum absolute atomic E-state index is 13.1. The largest absolute Gasteiger partial charge is 0.462 e. The van der Waals surface area contributed by atoms with E-state index in [4.69, 9.17) is 4.74 Å². The topological polar surface area (TPSA) is 55.4 Å². The zero-order valence-corrected chi connectivity index (χ0v) is 14.4. The highest BCUT2D eigenvalue weighted by Crippen LogP contribution is 2.34. The highest BCUT2D eigenvalue weighted by Gasteiger charge is 2.35. The van der Waals surface area contributed by atoms with Crippen LogP contribution in [-0.2, 0) is 17.3 Å². The van der Waals surface area contributed by atoms with Gasteiger partial charge in [0.05, 0.1) is 23.3 Å². The number of carbonyl (C=O) groups is 2. The third-order valence-corrected chi connectivity index (χ3v) is 4.53. The van der Waals surface area contributed by atoms with E-state index in [0.29, 0.717) is 6.42 Å². The molecule has 0 aliphatic carbocycles. The summed E-state index contributed by atoms with van der Waals surface area (Å²) in [5, 5.41) is 2.59. The summed E-state index contributed by atoms with van der Waals surface area (Å²) in [6.45, 7) is 3.66. The van der Waals surface area contributed by atoms with Crippen molar-refractivity contribution in [2.45, 2.75) is 26.4 Å². The van der Waals surface area contributed by atoms with Crippen LogP contribution in [0.3, 0.4) is 0 Å². The van der Waals surface area contributed by atoms with Crippen LogP contribution in [0.25, 0.3) is 0 Å². The number of benzene rings is 1.